The topological polar surface area (TPSA) is 21.3 Å². The summed E-state index contributed by atoms with van der Waals surface area (Å²) in [5, 5.41) is 3.28. The Morgan fingerprint density at radius 1 is 1.25 bits per heavy atom. The zero-order valence-electron chi connectivity index (χ0n) is 11.0. The van der Waals surface area contributed by atoms with Crippen LogP contribution in [0.3, 0.4) is 0 Å². The van der Waals surface area contributed by atoms with Crippen LogP contribution in [0.25, 0.3) is 0 Å². The summed E-state index contributed by atoms with van der Waals surface area (Å²) in [6, 6.07) is 6.72. The third kappa shape index (κ3) is 3.53. The molecule has 0 aliphatic carbocycles. The van der Waals surface area contributed by atoms with Gasteiger partial charge in [-0.05, 0) is 44.0 Å². The molecule has 1 N–H and O–H groups in total. The summed E-state index contributed by atoms with van der Waals surface area (Å²) in [6.07, 6.45) is 0. The number of nitrogens with one attached hydrogen (secondary N) is 1. The fourth-order valence-electron chi connectivity index (χ4n) is 1.65. The third-order valence-electron chi connectivity index (χ3n) is 2.94. The smallest absolute Gasteiger partial charge is 0.122 e. The maximum absolute atomic E-state index is 5.87. The molecule has 0 amide bonds. The number of likely N-dealkylation sites (N-methyl/N-ethyl adjacent to an activating group) is 1. The van der Waals surface area contributed by atoms with Gasteiger partial charge in [-0.2, -0.15) is 0 Å². The Hall–Kier alpha value is -1.02. The molecular formula is C14H23NO. The summed E-state index contributed by atoms with van der Waals surface area (Å²) < 4.78 is 5.87. The van der Waals surface area contributed by atoms with Crippen molar-refractivity contribution in [1.29, 1.82) is 0 Å². The van der Waals surface area contributed by atoms with Crippen LogP contribution in [-0.4, -0.2) is 19.7 Å². The predicted molar refractivity (Wildman–Crippen MR) is 69.1 cm³/mol. The minimum Gasteiger partial charge on any atom is -0.492 e. The van der Waals surface area contributed by atoms with E-state index in [0.29, 0.717) is 12.0 Å². The molecule has 90 valence electrons. The fraction of sp³-hybridized carbons (Fsp3) is 0.571. The van der Waals surface area contributed by atoms with Crippen molar-refractivity contribution in [3.05, 3.63) is 29.3 Å². The van der Waals surface area contributed by atoms with Crippen LogP contribution in [-0.2, 0) is 0 Å². The quantitative estimate of drug-likeness (QED) is 0.825. The maximum atomic E-state index is 5.87. The van der Waals surface area contributed by atoms with Crippen LogP contribution in [0.2, 0.25) is 0 Å². The van der Waals surface area contributed by atoms with E-state index in [9.17, 15) is 0 Å². The second-order valence-corrected chi connectivity index (χ2v) is 4.72. The Balaban J connectivity index is 2.63. The van der Waals surface area contributed by atoms with Gasteiger partial charge in [0.2, 0.25) is 0 Å². The molecule has 1 aromatic rings. The Labute approximate surface area is 99.0 Å². The zero-order chi connectivity index (χ0) is 12.1. The van der Waals surface area contributed by atoms with Crippen LogP contribution >= 0.6 is 0 Å². The van der Waals surface area contributed by atoms with E-state index >= 15 is 0 Å². The number of ether oxygens (including phenoxy) is 1. The summed E-state index contributed by atoms with van der Waals surface area (Å²) in [6.45, 7) is 9.29. The summed E-state index contributed by atoms with van der Waals surface area (Å²) >= 11 is 0. The molecule has 0 bridgehead atoms. The molecule has 1 atom stereocenters. The van der Waals surface area contributed by atoms with Crippen LogP contribution in [0.5, 0.6) is 5.75 Å². The van der Waals surface area contributed by atoms with Gasteiger partial charge in [0, 0.05) is 6.04 Å². The lowest BCUT2D eigenvalue weighted by Crippen LogP contribution is -2.36. The number of benzene rings is 1. The molecule has 0 saturated heterocycles. The molecular weight excluding hydrogens is 198 g/mol. The van der Waals surface area contributed by atoms with Crippen molar-refractivity contribution in [1.82, 2.24) is 5.32 Å². The molecule has 16 heavy (non-hydrogen) atoms. The molecule has 0 radical (unpaired) electrons. The Kier molecular flexibility index (Phi) is 4.81. The van der Waals surface area contributed by atoms with Gasteiger partial charge in [-0.25, -0.2) is 0 Å². The molecule has 0 saturated carbocycles. The lowest BCUT2D eigenvalue weighted by Gasteiger charge is -2.21. The van der Waals surface area contributed by atoms with Crippen LogP contribution in [0, 0.1) is 19.8 Å². The average molecular weight is 221 g/mol. The Morgan fingerprint density at radius 2 is 1.94 bits per heavy atom. The van der Waals surface area contributed by atoms with Crippen molar-refractivity contribution < 1.29 is 4.74 Å². The molecule has 1 rings (SSSR count). The number of hydrogen-bond donors (Lipinski definition) is 1. The van der Waals surface area contributed by atoms with E-state index in [0.717, 1.165) is 12.4 Å². The zero-order valence-corrected chi connectivity index (χ0v) is 11.0. The van der Waals surface area contributed by atoms with Gasteiger partial charge in [-0.3, -0.25) is 0 Å². The van der Waals surface area contributed by atoms with Gasteiger partial charge in [-0.15, -0.1) is 0 Å². The van der Waals surface area contributed by atoms with E-state index < -0.39 is 0 Å². The van der Waals surface area contributed by atoms with E-state index in [1.54, 1.807) is 0 Å². The van der Waals surface area contributed by atoms with Crippen LogP contribution < -0.4 is 10.1 Å². The first kappa shape index (κ1) is 13.0. The van der Waals surface area contributed by atoms with Crippen LogP contribution in [0.1, 0.15) is 25.0 Å². The van der Waals surface area contributed by atoms with Gasteiger partial charge in [0.15, 0.2) is 0 Å². The van der Waals surface area contributed by atoms with Gasteiger partial charge in [0.1, 0.15) is 12.4 Å². The van der Waals surface area contributed by atoms with Crippen LogP contribution in [0.15, 0.2) is 18.2 Å². The summed E-state index contributed by atoms with van der Waals surface area (Å²) in [5.41, 5.74) is 2.44. The summed E-state index contributed by atoms with van der Waals surface area (Å²) in [7, 11) is 1.98. The summed E-state index contributed by atoms with van der Waals surface area (Å²) in [5.74, 6) is 1.58. The largest absolute Gasteiger partial charge is 0.492 e. The van der Waals surface area contributed by atoms with E-state index in [2.05, 4.69) is 51.2 Å². The van der Waals surface area contributed by atoms with E-state index in [4.69, 9.17) is 4.74 Å². The molecule has 0 aliphatic heterocycles. The molecule has 0 heterocycles. The minimum atomic E-state index is 0.403. The highest BCUT2D eigenvalue weighted by atomic mass is 16.5. The molecule has 1 aromatic carbocycles. The molecule has 0 aliphatic rings. The monoisotopic (exact) mass is 221 g/mol. The average Bonchev–Trinajstić information content (AvgIpc) is 2.23. The third-order valence-corrected chi connectivity index (χ3v) is 2.94. The van der Waals surface area contributed by atoms with Crippen molar-refractivity contribution in [2.75, 3.05) is 13.7 Å². The van der Waals surface area contributed by atoms with E-state index in [1.807, 2.05) is 7.05 Å². The summed E-state index contributed by atoms with van der Waals surface area (Å²) in [4.78, 5) is 0. The molecule has 2 heteroatoms. The maximum Gasteiger partial charge on any atom is 0.122 e. The molecule has 2 nitrogen and oxygen atoms in total. The minimum absolute atomic E-state index is 0.403. The number of hydrogen-bond acceptors (Lipinski definition) is 2. The van der Waals surface area contributed by atoms with Gasteiger partial charge in [-0.1, -0.05) is 26.0 Å². The Bertz CT molecular complexity index is 334. The van der Waals surface area contributed by atoms with Gasteiger partial charge in [0.05, 0.1) is 0 Å². The highest BCUT2D eigenvalue weighted by Gasteiger charge is 2.12. The molecule has 0 fully saturated rings. The van der Waals surface area contributed by atoms with Crippen molar-refractivity contribution in [3.8, 4) is 5.75 Å². The first-order valence-corrected chi connectivity index (χ1v) is 5.92. The highest BCUT2D eigenvalue weighted by Crippen LogP contribution is 2.19. The first-order chi connectivity index (χ1) is 7.54. The van der Waals surface area contributed by atoms with Gasteiger partial charge in [0.25, 0.3) is 0 Å². The van der Waals surface area contributed by atoms with Crippen molar-refractivity contribution >= 4 is 0 Å². The first-order valence-electron chi connectivity index (χ1n) is 5.92. The van der Waals surface area contributed by atoms with E-state index in [-0.39, 0.29) is 0 Å². The van der Waals surface area contributed by atoms with Crippen molar-refractivity contribution in [2.24, 2.45) is 5.92 Å². The van der Waals surface area contributed by atoms with E-state index in [1.165, 1.54) is 11.1 Å². The lowest BCUT2D eigenvalue weighted by atomic mass is 10.1. The normalized spacial score (nSPS) is 12.9. The predicted octanol–water partition coefficient (Wildman–Crippen LogP) is 2.93. The fourth-order valence-corrected chi connectivity index (χ4v) is 1.65. The molecule has 0 aromatic heterocycles. The van der Waals surface area contributed by atoms with Gasteiger partial charge < -0.3 is 10.1 Å². The highest BCUT2D eigenvalue weighted by molar-refractivity contribution is 5.35. The molecule has 1 unspecified atom stereocenters. The molecule has 0 spiro atoms. The second-order valence-electron chi connectivity index (χ2n) is 4.72. The number of rotatable bonds is 5. The second kappa shape index (κ2) is 5.90. The SMILES string of the molecule is CNC(COc1cc(C)ccc1C)C(C)C. The standard InChI is InChI=1S/C14H23NO/c1-10(2)13(15-5)9-16-14-8-11(3)6-7-12(14)4/h6-8,10,13,15H,9H2,1-5H3. The van der Waals surface area contributed by atoms with Crippen molar-refractivity contribution in [3.63, 3.8) is 0 Å². The van der Waals surface area contributed by atoms with Crippen molar-refractivity contribution in [2.45, 2.75) is 33.7 Å². The Morgan fingerprint density at radius 3 is 2.50 bits per heavy atom. The van der Waals surface area contributed by atoms with Crippen LogP contribution in [0.4, 0.5) is 0 Å². The number of aryl methyl sites for hydroxylation is 2. The van der Waals surface area contributed by atoms with Gasteiger partial charge >= 0.3 is 0 Å². The lowest BCUT2D eigenvalue weighted by molar-refractivity contribution is 0.236.